The summed E-state index contributed by atoms with van der Waals surface area (Å²) in [4.78, 5) is 10.2. The van der Waals surface area contributed by atoms with E-state index in [1.807, 2.05) is 24.3 Å². The van der Waals surface area contributed by atoms with Gasteiger partial charge in [-0.2, -0.15) is 0 Å². The Labute approximate surface area is 203 Å². The molecule has 0 saturated carbocycles. The quantitative estimate of drug-likeness (QED) is 0.204. The first-order valence-electron chi connectivity index (χ1n) is 11.2. The van der Waals surface area contributed by atoms with Gasteiger partial charge in [-0.3, -0.25) is 4.98 Å². The van der Waals surface area contributed by atoms with E-state index < -0.39 is 0 Å². The average Bonchev–Trinajstić information content (AvgIpc) is 2.93. The van der Waals surface area contributed by atoms with Crippen LogP contribution in [0.1, 0.15) is 5.56 Å². The van der Waals surface area contributed by atoms with Crippen LogP contribution in [0.15, 0.2) is 109 Å². The maximum atomic E-state index is 9.04. The normalized spacial score (nSPS) is 12.1. The molecule has 0 radical (unpaired) electrons. The topological polar surface area (TPSA) is 44.3 Å². The van der Waals surface area contributed by atoms with Crippen molar-refractivity contribution < 1.29 is 0 Å². The number of aromatic nitrogens is 1. The molecule has 1 aliphatic heterocycles. The van der Waals surface area contributed by atoms with Crippen LogP contribution in [0, 0.1) is 17.9 Å². The fraction of sp³-hybridized carbons (Fsp3) is 0. The predicted molar refractivity (Wildman–Crippen MR) is 141 cm³/mol. The van der Waals surface area contributed by atoms with Gasteiger partial charge in [0.25, 0.3) is 5.70 Å². The van der Waals surface area contributed by atoms with Crippen LogP contribution in [0.4, 0.5) is 17.1 Å². The molecular weight excluding hydrogens is 428 g/mol. The number of nitrogens with zero attached hydrogens (tertiary/aromatic N) is 4. The molecule has 1 aliphatic rings. The van der Waals surface area contributed by atoms with Crippen molar-refractivity contribution in [3.05, 3.63) is 126 Å². The van der Waals surface area contributed by atoms with E-state index in [4.69, 9.17) is 11.8 Å². The lowest BCUT2D eigenvalue weighted by Gasteiger charge is -2.34. The van der Waals surface area contributed by atoms with Crippen molar-refractivity contribution in [3.63, 3.8) is 0 Å². The first-order chi connectivity index (χ1) is 17.3. The molecule has 0 bridgehead atoms. The number of rotatable bonds is 3. The van der Waals surface area contributed by atoms with Crippen molar-refractivity contribution >= 4 is 33.9 Å². The molecule has 0 amide bonds. The molecule has 0 fully saturated rings. The summed E-state index contributed by atoms with van der Waals surface area (Å²) in [6.07, 6.45) is 3.26. The summed E-state index contributed by atoms with van der Waals surface area (Å²) in [5, 5.41) is 11.4. The molecule has 4 aromatic carbocycles. The second-order valence-electron chi connectivity index (χ2n) is 8.28. The lowest BCUT2D eigenvalue weighted by molar-refractivity contribution is 1.28. The van der Waals surface area contributed by atoms with E-state index in [0.29, 0.717) is 0 Å². The molecule has 0 unspecified atom stereocenters. The molecule has 1 aromatic heterocycles. The largest absolute Gasteiger partial charge is 0.309 e. The van der Waals surface area contributed by atoms with E-state index in [-0.39, 0.29) is 5.70 Å². The zero-order valence-corrected chi connectivity index (χ0v) is 18.7. The minimum absolute atomic E-state index is 0.0424. The summed E-state index contributed by atoms with van der Waals surface area (Å²) < 4.78 is 0. The number of pyridine rings is 1. The Kier molecular flexibility index (Phi) is 4.84. The zero-order valence-electron chi connectivity index (χ0n) is 18.7. The van der Waals surface area contributed by atoms with Crippen LogP contribution in [0.2, 0.25) is 0 Å². The Hall–Kier alpha value is -5.19. The van der Waals surface area contributed by atoms with Gasteiger partial charge in [0.1, 0.15) is 0 Å². The number of nitriles is 1. The highest BCUT2D eigenvalue weighted by Gasteiger charge is 2.26. The van der Waals surface area contributed by atoms with Gasteiger partial charge in [-0.05, 0) is 52.9 Å². The van der Waals surface area contributed by atoms with Crippen molar-refractivity contribution in [2.75, 3.05) is 4.90 Å². The molecule has 0 aliphatic carbocycles. The SMILES string of the molecule is [C-]#[N+]/C(C#N)=C\c1ccc(-c2ccc3c4c(cccc24)-c2ccccc2N3c2ccccc2)nc1. The van der Waals surface area contributed by atoms with E-state index in [9.17, 15) is 0 Å². The number of hydrogen-bond acceptors (Lipinski definition) is 3. The average molecular weight is 447 g/mol. The molecule has 4 heteroatoms. The van der Waals surface area contributed by atoms with Crippen LogP contribution in [0.5, 0.6) is 0 Å². The van der Waals surface area contributed by atoms with Crippen molar-refractivity contribution in [2.45, 2.75) is 0 Å². The minimum atomic E-state index is 0.0424. The smallest absolute Gasteiger partial charge is 0.262 e. The fourth-order valence-corrected chi connectivity index (χ4v) is 4.80. The van der Waals surface area contributed by atoms with E-state index in [0.717, 1.165) is 39.3 Å². The van der Waals surface area contributed by atoms with Crippen molar-refractivity contribution in [2.24, 2.45) is 0 Å². The van der Waals surface area contributed by atoms with Crippen molar-refractivity contribution in [1.82, 2.24) is 4.98 Å². The summed E-state index contributed by atoms with van der Waals surface area (Å²) >= 11 is 0. The zero-order chi connectivity index (χ0) is 23.8. The molecular formula is C31H18N4. The highest BCUT2D eigenvalue weighted by Crippen LogP contribution is 2.51. The van der Waals surface area contributed by atoms with Crippen LogP contribution in [-0.4, -0.2) is 4.98 Å². The van der Waals surface area contributed by atoms with Crippen LogP contribution in [0.25, 0.3) is 44.1 Å². The molecule has 5 aromatic rings. The van der Waals surface area contributed by atoms with E-state index in [1.165, 1.54) is 16.5 Å². The molecule has 0 atom stereocenters. The van der Waals surface area contributed by atoms with Crippen LogP contribution < -0.4 is 4.90 Å². The van der Waals surface area contributed by atoms with Gasteiger partial charge in [0, 0.05) is 28.4 Å². The van der Waals surface area contributed by atoms with Gasteiger partial charge in [-0.1, -0.05) is 66.7 Å². The molecule has 2 heterocycles. The Morgan fingerprint density at radius 2 is 1.60 bits per heavy atom. The van der Waals surface area contributed by atoms with E-state index >= 15 is 0 Å². The second kappa shape index (κ2) is 8.30. The first-order valence-corrected chi connectivity index (χ1v) is 11.2. The number of fused-ring (bicyclic) bond motifs is 2. The third kappa shape index (κ3) is 3.33. The summed E-state index contributed by atoms with van der Waals surface area (Å²) in [5.74, 6) is 0. The van der Waals surface area contributed by atoms with Crippen LogP contribution in [0.3, 0.4) is 0 Å². The monoisotopic (exact) mass is 446 g/mol. The Morgan fingerprint density at radius 1 is 0.800 bits per heavy atom. The highest BCUT2D eigenvalue weighted by atomic mass is 15.2. The Bertz CT molecular complexity index is 1690. The fourth-order valence-electron chi connectivity index (χ4n) is 4.80. The van der Waals surface area contributed by atoms with Gasteiger partial charge in [0.15, 0.2) is 0 Å². The van der Waals surface area contributed by atoms with Gasteiger partial charge in [0.2, 0.25) is 0 Å². The molecule has 35 heavy (non-hydrogen) atoms. The molecule has 162 valence electrons. The number of para-hydroxylation sites is 2. The lowest BCUT2D eigenvalue weighted by Crippen LogP contribution is -2.15. The van der Waals surface area contributed by atoms with Crippen molar-refractivity contribution in [1.29, 1.82) is 5.26 Å². The Morgan fingerprint density at radius 3 is 2.37 bits per heavy atom. The van der Waals surface area contributed by atoms with E-state index in [2.05, 4.69) is 93.6 Å². The highest BCUT2D eigenvalue weighted by molar-refractivity contribution is 6.17. The van der Waals surface area contributed by atoms with Crippen LogP contribution >= 0.6 is 0 Å². The third-order valence-corrected chi connectivity index (χ3v) is 6.31. The van der Waals surface area contributed by atoms with Gasteiger partial charge in [0.05, 0.1) is 29.7 Å². The van der Waals surface area contributed by atoms with Gasteiger partial charge in [-0.15, -0.1) is 0 Å². The number of benzene rings is 4. The summed E-state index contributed by atoms with van der Waals surface area (Å²) in [7, 11) is 0. The molecule has 0 saturated heterocycles. The summed E-state index contributed by atoms with van der Waals surface area (Å²) in [6.45, 7) is 7.08. The van der Waals surface area contributed by atoms with Crippen LogP contribution in [-0.2, 0) is 0 Å². The van der Waals surface area contributed by atoms with Gasteiger partial charge in [-0.25, -0.2) is 10.1 Å². The maximum absolute atomic E-state index is 9.04. The molecule has 0 spiro atoms. The van der Waals surface area contributed by atoms with Crippen molar-refractivity contribution in [3.8, 4) is 28.5 Å². The summed E-state index contributed by atoms with van der Waals surface area (Å²) in [5.41, 5.74) is 8.48. The third-order valence-electron chi connectivity index (χ3n) is 6.31. The second-order valence-corrected chi connectivity index (χ2v) is 8.28. The van der Waals surface area contributed by atoms with Gasteiger partial charge < -0.3 is 4.90 Å². The van der Waals surface area contributed by atoms with E-state index in [1.54, 1.807) is 12.3 Å². The standard InChI is InChI=1S/C31H18N4/c1-33-22(19-32)18-21-14-16-28(34-20-21)24-15-17-30-31-26(24)11-7-12-27(31)25-10-5-6-13-29(25)35(30)23-8-3-2-4-9-23/h2-18,20H/b22-18-. The first kappa shape index (κ1) is 20.4. The molecule has 4 nitrogen and oxygen atoms in total. The minimum Gasteiger partial charge on any atom is -0.309 e. The number of hydrogen-bond donors (Lipinski definition) is 0. The van der Waals surface area contributed by atoms with Gasteiger partial charge >= 0.3 is 0 Å². The Balaban J connectivity index is 1.57. The predicted octanol–water partition coefficient (Wildman–Crippen LogP) is 8.14. The molecule has 6 rings (SSSR count). The lowest BCUT2D eigenvalue weighted by atomic mass is 9.88. The maximum Gasteiger partial charge on any atom is 0.262 e. The number of allylic oxidation sites excluding steroid dienone is 1. The number of anilines is 3. The summed E-state index contributed by atoms with van der Waals surface area (Å²) in [6, 6.07) is 35.4. The molecule has 0 N–H and O–H groups in total.